The van der Waals surface area contributed by atoms with Crippen molar-refractivity contribution in [2.45, 2.75) is 50.9 Å². The van der Waals surface area contributed by atoms with Crippen LogP contribution in [0.3, 0.4) is 0 Å². The molecule has 1 atom stereocenters. The lowest BCUT2D eigenvalue weighted by Gasteiger charge is -2.33. The molecule has 0 N–H and O–H groups in total. The largest absolute Gasteiger partial charge is 0.378 e. The van der Waals surface area contributed by atoms with Crippen molar-refractivity contribution in [2.24, 2.45) is 0 Å². The number of hydrogen-bond donors (Lipinski definition) is 0. The molecule has 2 aliphatic rings. The molecule has 2 rings (SSSR count). The van der Waals surface area contributed by atoms with Gasteiger partial charge in [-0.25, -0.2) is 0 Å². The van der Waals surface area contributed by atoms with E-state index < -0.39 is 5.60 Å². The average molecular weight is 553 g/mol. The summed E-state index contributed by atoms with van der Waals surface area (Å²) in [6.45, 7) is 11.3. The molecule has 0 aromatic carbocycles. The van der Waals surface area contributed by atoms with E-state index in [2.05, 4.69) is 6.92 Å². The van der Waals surface area contributed by atoms with Crippen molar-refractivity contribution in [3.63, 3.8) is 0 Å². The van der Waals surface area contributed by atoms with Gasteiger partial charge in [-0.05, 0) is 25.7 Å². The van der Waals surface area contributed by atoms with Crippen molar-refractivity contribution in [1.82, 2.24) is 0 Å². The highest BCUT2D eigenvalue weighted by atomic mass is 16.7. The quantitative estimate of drug-likeness (QED) is 0.314. The van der Waals surface area contributed by atoms with Gasteiger partial charge in [0.15, 0.2) is 6.29 Å². The van der Waals surface area contributed by atoms with Crippen molar-refractivity contribution >= 4 is 0 Å². The molecule has 2 heterocycles. The van der Waals surface area contributed by atoms with Crippen LogP contribution in [-0.2, 0) is 52.1 Å². The van der Waals surface area contributed by atoms with Crippen LogP contribution >= 0.6 is 0 Å². The van der Waals surface area contributed by atoms with E-state index in [0.29, 0.717) is 119 Å². The fraction of sp³-hybridized carbons (Fsp3) is 1.00. The van der Waals surface area contributed by atoms with Gasteiger partial charge in [-0.3, -0.25) is 0 Å². The zero-order valence-electron chi connectivity index (χ0n) is 23.5. The van der Waals surface area contributed by atoms with Gasteiger partial charge in [0.1, 0.15) is 5.60 Å². The van der Waals surface area contributed by atoms with E-state index in [4.69, 9.17) is 52.1 Å². The van der Waals surface area contributed by atoms with Crippen molar-refractivity contribution < 1.29 is 52.1 Å². The van der Waals surface area contributed by atoms with E-state index in [0.717, 1.165) is 38.7 Å². The summed E-state index contributed by atoms with van der Waals surface area (Å²) in [6, 6.07) is 0. The van der Waals surface area contributed by atoms with E-state index >= 15 is 0 Å². The number of unbranched alkanes of at least 4 members (excludes halogenated alkanes) is 1. The van der Waals surface area contributed by atoms with Gasteiger partial charge in [0, 0.05) is 13.2 Å². The molecule has 0 amide bonds. The molecule has 0 radical (unpaired) electrons. The summed E-state index contributed by atoms with van der Waals surface area (Å²) in [5, 5.41) is 0. The molecule has 2 saturated heterocycles. The summed E-state index contributed by atoms with van der Waals surface area (Å²) in [7, 11) is 0. The number of ether oxygens (including phenoxy) is 11. The van der Waals surface area contributed by atoms with E-state index in [1.807, 2.05) is 0 Å². The first-order valence-corrected chi connectivity index (χ1v) is 14.3. The van der Waals surface area contributed by atoms with Crippen LogP contribution < -0.4 is 0 Å². The van der Waals surface area contributed by atoms with Gasteiger partial charge in [0.2, 0.25) is 0 Å². The van der Waals surface area contributed by atoms with Crippen LogP contribution in [0.15, 0.2) is 0 Å². The third-order valence-electron chi connectivity index (χ3n) is 5.90. The number of rotatable bonds is 13. The zero-order chi connectivity index (χ0) is 26.8. The Labute approximate surface area is 228 Å². The summed E-state index contributed by atoms with van der Waals surface area (Å²) in [5.41, 5.74) is -0.765. The highest BCUT2D eigenvalue weighted by molar-refractivity contribution is 4.81. The topological polar surface area (TPSA) is 102 Å². The van der Waals surface area contributed by atoms with Gasteiger partial charge in [-0.15, -0.1) is 0 Å². The summed E-state index contributed by atoms with van der Waals surface area (Å²) in [5.74, 6) is 0. The first-order valence-electron chi connectivity index (χ1n) is 14.3. The molecular formula is C27H52O11. The van der Waals surface area contributed by atoms with E-state index in [9.17, 15) is 0 Å². The Balaban J connectivity index is 1.79. The van der Waals surface area contributed by atoms with Crippen LogP contribution in [0.25, 0.3) is 0 Å². The van der Waals surface area contributed by atoms with Gasteiger partial charge < -0.3 is 52.1 Å². The minimum Gasteiger partial charge on any atom is -0.378 e. The standard InChI is InChI=1S/C27H52O11/c1-2-3-7-33-23-27(38-22-20-32-19-21-37-26-6-4-5-8-36-26)24-34-17-15-30-13-11-28-9-10-29-12-14-31-16-18-35-25-27/h26H,2-25H2,1H3. The first kappa shape index (κ1) is 33.8. The Morgan fingerprint density at radius 3 is 1.74 bits per heavy atom. The predicted octanol–water partition coefficient (Wildman–Crippen LogP) is 2.23. The Morgan fingerprint density at radius 1 is 0.605 bits per heavy atom. The van der Waals surface area contributed by atoms with Gasteiger partial charge >= 0.3 is 0 Å². The van der Waals surface area contributed by atoms with Gasteiger partial charge in [-0.1, -0.05) is 13.3 Å². The van der Waals surface area contributed by atoms with E-state index in [1.165, 1.54) is 0 Å². The molecule has 38 heavy (non-hydrogen) atoms. The van der Waals surface area contributed by atoms with Crippen molar-refractivity contribution in [1.29, 1.82) is 0 Å². The van der Waals surface area contributed by atoms with Crippen LogP contribution in [0, 0.1) is 0 Å². The normalized spacial score (nSPS) is 23.8. The molecular weight excluding hydrogens is 500 g/mol. The van der Waals surface area contributed by atoms with Gasteiger partial charge in [0.05, 0.1) is 112 Å². The smallest absolute Gasteiger partial charge is 0.157 e. The SMILES string of the molecule is CCCCOCC1(OCCOCCOC2CCCCO2)COCCOCCOCCOCCOCCOC1. The monoisotopic (exact) mass is 552 g/mol. The summed E-state index contributed by atoms with van der Waals surface area (Å²) < 4.78 is 63.4. The lowest BCUT2D eigenvalue weighted by atomic mass is 10.1. The predicted molar refractivity (Wildman–Crippen MR) is 140 cm³/mol. The molecule has 226 valence electrons. The molecule has 0 aliphatic carbocycles. The number of hydrogen-bond acceptors (Lipinski definition) is 11. The van der Waals surface area contributed by atoms with Crippen LogP contribution in [0.4, 0.5) is 0 Å². The minimum absolute atomic E-state index is 0.105. The lowest BCUT2D eigenvalue weighted by molar-refractivity contribution is -0.182. The zero-order valence-corrected chi connectivity index (χ0v) is 23.5. The molecule has 11 heteroatoms. The summed E-state index contributed by atoms with van der Waals surface area (Å²) in [6.07, 6.45) is 5.14. The summed E-state index contributed by atoms with van der Waals surface area (Å²) in [4.78, 5) is 0. The second-order valence-corrected chi connectivity index (χ2v) is 9.27. The first-order chi connectivity index (χ1) is 18.8. The Hall–Kier alpha value is -0.440. The van der Waals surface area contributed by atoms with E-state index in [1.54, 1.807) is 0 Å². The van der Waals surface area contributed by atoms with Crippen LogP contribution in [-0.4, -0.2) is 137 Å². The van der Waals surface area contributed by atoms with Gasteiger partial charge in [-0.2, -0.15) is 0 Å². The average Bonchev–Trinajstić information content (AvgIpc) is 2.94. The highest BCUT2D eigenvalue weighted by Crippen LogP contribution is 2.16. The second kappa shape index (κ2) is 24.4. The molecule has 0 aromatic rings. The fourth-order valence-corrected chi connectivity index (χ4v) is 3.77. The maximum Gasteiger partial charge on any atom is 0.157 e. The third-order valence-corrected chi connectivity index (χ3v) is 5.90. The molecule has 2 aliphatic heterocycles. The fourth-order valence-electron chi connectivity index (χ4n) is 3.77. The molecule has 1 unspecified atom stereocenters. The minimum atomic E-state index is -0.765. The maximum absolute atomic E-state index is 6.32. The van der Waals surface area contributed by atoms with Gasteiger partial charge in [0.25, 0.3) is 0 Å². The Morgan fingerprint density at radius 2 is 1.18 bits per heavy atom. The summed E-state index contributed by atoms with van der Waals surface area (Å²) >= 11 is 0. The molecule has 0 saturated carbocycles. The third kappa shape index (κ3) is 18.0. The molecule has 2 fully saturated rings. The highest BCUT2D eigenvalue weighted by Gasteiger charge is 2.33. The molecule has 0 bridgehead atoms. The lowest BCUT2D eigenvalue weighted by Crippen LogP contribution is -2.48. The van der Waals surface area contributed by atoms with Crippen molar-refractivity contribution in [2.75, 3.05) is 126 Å². The second-order valence-electron chi connectivity index (χ2n) is 9.27. The molecule has 0 aromatic heterocycles. The van der Waals surface area contributed by atoms with E-state index in [-0.39, 0.29) is 6.29 Å². The van der Waals surface area contributed by atoms with Crippen molar-refractivity contribution in [3.05, 3.63) is 0 Å². The van der Waals surface area contributed by atoms with Crippen LogP contribution in [0.1, 0.15) is 39.0 Å². The maximum atomic E-state index is 6.32. The molecule has 0 spiro atoms. The van der Waals surface area contributed by atoms with Crippen molar-refractivity contribution in [3.8, 4) is 0 Å². The Bertz CT molecular complexity index is 485. The molecule has 11 nitrogen and oxygen atoms in total. The Kier molecular flexibility index (Phi) is 21.6. The van der Waals surface area contributed by atoms with Crippen LogP contribution in [0.2, 0.25) is 0 Å². The van der Waals surface area contributed by atoms with Crippen LogP contribution in [0.5, 0.6) is 0 Å².